The van der Waals surface area contributed by atoms with E-state index in [-0.39, 0.29) is 16.9 Å². The number of alkyl halides is 6. The molecule has 8 heteroatoms. The highest BCUT2D eigenvalue weighted by molar-refractivity contribution is 5.71. The first-order valence-electron chi connectivity index (χ1n) is 6.22. The Bertz CT molecular complexity index is 674. The highest BCUT2D eigenvalue weighted by Gasteiger charge is 2.37. The number of hydrogen-bond acceptors (Lipinski definition) is 2. The van der Waals surface area contributed by atoms with E-state index in [4.69, 9.17) is 4.74 Å². The van der Waals surface area contributed by atoms with E-state index >= 15 is 0 Å². The zero-order valence-corrected chi connectivity index (χ0v) is 11.6. The summed E-state index contributed by atoms with van der Waals surface area (Å²) in [6.45, 7) is 0. The van der Waals surface area contributed by atoms with E-state index in [1.807, 2.05) is 0 Å². The van der Waals surface area contributed by atoms with Gasteiger partial charge in [-0.05, 0) is 29.3 Å². The summed E-state index contributed by atoms with van der Waals surface area (Å²) in [4.78, 5) is 0. The molecule has 2 aromatic rings. The fourth-order valence-corrected chi connectivity index (χ4v) is 2.07. The van der Waals surface area contributed by atoms with Gasteiger partial charge in [-0.25, -0.2) is 0 Å². The van der Waals surface area contributed by atoms with E-state index in [1.165, 1.54) is 12.1 Å². The Balaban J connectivity index is 2.47. The van der Waals surface area contributed by atoms with Gasteiger partial charge in [0, 0.05) is 0 Å². The van der Waals surface area contributed by atoms with Crippen LogP contribution in [0.1, 0.15) is 5.56 Å². The van der Waals surface area contributed by atoms with Crippen molar-refractivity contribution in [3.63, 3.8) is 0 Å². The summed E-state index contributed by atoms with van der Waals surface area (Å²) in [6.07, 6.45) is -9.54. The van der Waals surface area contributed by atoms with Crippen molar-refractivity contribution in [1.29, 1.82) is 0 Å². The number of methoxy groups -OCH3 is 1. The summed E-state index contributed by atoms with van der Waals surface area (Å²) < 4.78 is 84.4. The Labute approximate surface area is 127 Å². The van der Waals surface area contributed by atoms with Gasteiger partial charge in [-0.3, -0.25) is 0 Å². The number of halogens is 6. The summed E-state index contributed by atoms with van der Waals surface area (Å²) in [7, 11) is 1.11. The maximum Gasteiger partial charge on any atom is 0.573 e. The fraction of sp³-hybridized carbons (Fsp3) is 0.200. The fourth-order valence-electron chi connectivity index (χ4n) is 2.07. The van der Waals surface area contributed by atoms with Crippen molar-refractivity contribution in [2.75, 3.05) is 7.11 Å². The molecule has 0 aliphatic heterocycles. The van der Waals surface area contributed by atoms with Gasteiger partial charge in [0.05, 0.1) is 7.11 Å². The summed E-state index contributed by atoms with van der Waals surface area (Å²) in [6, 6.07) is 7.86. The molecule has 124 valence electrons. The lowest BCUT2D eigenvalue weighted by molar-refractivity contribution is -0.274. The Morgan fingerprint density at radius 2 is 1.43 bits per heavy atom. The minimum Gasteiger partial charge on any atom is -0.496 e. The second kappa shape index (κ2) is 6.02. The monoisotopic (exact) mass is 336 g/mol. The number of benzene rings is 2. The van der Waals surface area contributed by atoms with E-state index in [1.54, 1.807) is 0 Å². The zero-order valence-electron chi connectivity index (χ0n) is 11.6. The maximum atomic E-state index is 13.2. The third-order valence-electron chi connectivity index (χ3n) is 2.93. The van der Waals surface area contributed by atoms with Gasteiger partial charge >= 0.3 is 12.5 Å². The van der Waals surface area contributed by atoms with Crippen LogP contribution in [0.25, 0.3) is 11.1 Å². The normalized spacial score (nSPS) is 12.1. The van der Waals surface area contributed by atoms with Crippen LogP contribution in [0.2, 0.25) is 0 Å². The average Bonchev–Trinajstić information content (AvgIpc) is 2.44. The predicted molar refractivity (Wildman–Crippen MR) is 70.1 cm³/mol. The third kappa shape index (κ3) is 4.08. The molecule has 0 aliphatic carbocycles. The van der Waals surface area contributed by atoms with Gasteiger partial charge in [-0.2, -0.15) is 13.2 Å². The van der Waals surface area contributed by atoms with E-state index in [2.05, 4.69) is 4.74 Å². The molecule has 0 saturated heterocycles. The molecule has 0 spiro atoms. The topological polar surface area (TPSA) is 18.5 Å². The Morgan fingerprint density at radius 1 is 0.826 bits per heavy atom. The molecule has 0 fully saturated rings. The molecule has 0 radical (unpaired) electrons. The Morgan fingerprint density at radius 3 is 1.91 bits per heavy atom. The van der Waals surface area contributed by atoms with E-state index in [0.717, 1.165) is 37.4 Å². The van der Waals surface area contributed by atoms with Crippen LogP contribution in [0, 0.1) is 0 Å². The van der Waals surface area contributed by atoms with Gasteiger partial charge < -0.3 is 9.47 Å². The molecule has 0 atom stereocenters. The van der Waals surface area contributed by atoms with Crippen molar-refractivity contribution in [2.24, 2.45) is 0 Å². The zero-order chi connectivity index (χ0) is 17.3. The molecule has 0 aliphatic rings. The molecule has 23 heavy (non-hydrogen) atoms. The lowest BCUT2D eigenvalue weighted by Gasteiger charge is -2.17. The smallest absolute Gasteiger partial charge is 0.496 e. The molecule has 2 rings (SSSR count). The van der Waals surface area contributed by atoms with Gasteiger partial charge in [-0.15, -0.1) is 13.2 Å². The number of ether oxygens (including phenoxy) is 2. The van der Waals surface area contributed by atoms with Crippen LogP contribution in [0.4, 0.5) is 26.3 Å². The molecule has 2 nitrogen and oxygen atoms in total. The number of rotatable bonds is 3. The highest BCUT2D eigenvalue weighted by Crippen LogP contribution is 2.43. The summed E-state index contributed by atoms with van der Waals surface area (Å²) >= 11 is 0. The number of hydrogen-bond donors (Lipinski definition) is 0. The van der Waals surface area contributed by atoms with Crippen LogP contribution >= 0.6 is 0 Å². The SMILES string of the molecule is COc1cccc(-c2ccc(OC(F)(F)F)cc2)c1C(F)(F)F. The molecule has 2 aromatic carbocycles. The van der Waals surface area contributed by atoms with Crippen molar-refractivity contribution in [3.05, 3.63) is 48.0 Å². The standard InChI is InChI=1S/C15H10F6O2/c1-22-12-4-2-3-11(13(12)14(16,17)18)9-5-7-10(8-6-9)23-15(19,20)21/h2-8H,1H3. The van der Waals surface area contributed by atoms with Crippen LogP contribution < -0.4 is 9.47 Å². The van der Waals surface area contributed by atoms with Gasteiger partial charge in [0.2, 0.25) is 0 Å². The first-order valence-corrected chi connectivity index (χ1v) is 6.22. The van der Waals surface area contributed by atoms with Crippen LogP contribution in [0.5, 0.6) is 11.5 Å². The second-order valence-corrected chi connectivity index (χ2v) is 4.45. The minimum absolute atomic E-state index is 0.0887. The molecule has 0 saturated carbocycles. The molecular weight excluding hydrogens is 326 g/mol. The van der Waals surface area contributed by atoms with Crippen LogP contribution in [0.15, 0.2) is 42.5 Å². The first kappa shape index (κ1) is 17.0. The van der Waals surface area contributed by atoms with Crippen molar-refractivity contribution in [1.82, 2.24) is 0 Å². The maximum absolute atomic E-state index is 13.2. The molecule has 0 heterocycles. The van der Waals surface area contributed by atoms with Crippen molar-refractivity contribution < 1.29 is 35.8 Å². The molecule has 0 aromatic heterocycles. The third-order valence-corrected chi connectivity index (χ3v) is 2.93. The molecule has 0 bridgehead atoms. The Kier molecular flexibility index (Phi) is 4.44. The predicted octanol–water partition coefficient (Wildman–Crippen LogP) is 5.28. The first-order chi connectivity index (χ1) is 10.6. The highest BCUT2D eigenvalue weighted by atomic mass is 19.4. The molecule has 0 N–H and O–H groups in total. The van der Waals surface area contributed by atoms with Gasteiger partial charge in [0.1, 0.15) is 17.1 Å². The molecular formula is C15H10F6O2. The molecule has 0 unspecified atom stereocenters. The lowest BCUT2D eigenvalue weighted by Crippen LogP contribution is -2.17. The average molecular weight is 336 g/mol. The van der Waals surface area contributed by atoms with Gasteiger partial charge in [0.15, 0.2) is 0 Å². The quantitative estimate of drug-likeness (QED) is 0.710. The molecule has 0 amide bonds. The van der Waals surface area contributed by atoms with Crippen molar-refractivity contribution in [3.8, 4) is 22.6 Å². The minimum atomic E-state index is -4.87. The summed E-state index contributed by atoms with van der Waals surface area (Å²) in [5.41, 5.74) is -1.10. The lowest BCUT2D eigenvalue weighted by atomic mass is 9.98. The Hall–Kier alpha value is -2.38. The van der Waals surface area contributed by atoms with Gasteiger partial charge in [0.25, 0.3) is 0 Å². The van der Waals surface area contributed by atoms with Gasteiger partial charge in [-0.1, -0.05) is 24.3 Å². The van der Waals surface area contributed by atoms with Crippen molar-refractivity contribution in [2.45, 2.75) is 12.5 Å². The van der Waals surface area contributed by atoms with Crippen LogP contribution in [0.3, 0.4) is 0 Å². The second-order valence-electron chi connectivity index (χ2n) is 4.45. The summed E-state index contributed by atoms with van der Waals surface area (Å²) in [5.74, 6) is -0.886. The largest absolute Gasteiger partial charge is 0.573 e. The van der Waals surface area contributed by atoms with Crippen LogP contribution in [-0.4, -0.2) is 13.5 Å². The van der Waals surface area contributed by atoms with E-state index < -0.39 is 23.9 Å². The van der Waals surface area contributed by atoms with E-state index in [9.17, 15) is 26.3 Å². The van der Waals surface area contributed by atoms with Crippen molar-refractivity contribution >= 4 is 0 Å². The summed E-state index contributed by atoms with van der Waals surface area (Å²) in [5, 5.41) is 0. The van der Waals surface area contributed by atoms with E-state index in [0.29, 0.717) is 0 Å². The van der Waals surface area contributed by atoms with Crippen LogP contribution in [-0.2, 0) is 6.18 Å².